The van der Waals surface area contributed by atoms with Crippen LogP contribution in [-0.4, -0.2) is 22.1 Å². The van der Waals surface area contributed by atoms with Gasteiger partial charge in [0.25, 0.3) is 0 Å². The molecule has 0 spiro atoms. The van der Waals surface area contributed by atoms with Crippen LogP contribution in [0.5, 0.6) is 0 Å². The summed E-state index contributed by atoms with van der Waals surface area (Å²) in [5.41, 5.74) is -1.35. The zero-order valence-corrected chi connectivity index (χ0v) is 9.12. The summed E-state index contributed by atoms with van der Waals surface area (Å²) in [5, 5.41) is 19.6. The minimum atomic E-state index is -4.66. The Morgan fingerprint density at radius 3 is 2.61 bits per heavy atom. The van der Waals surface area contributed by atoms with Crippen molar-refractivity contribution in [1.82, 2.24) is 4.98 Å². The van der Waals surface area contributed by atoms with Gasteiger partial charge in [0.2, 0.25) is 0 Å². The first-order valence-electron chi connectivity index (χ1n) is 4.73. The molecule has 18 heavy (non-hydrogen) atoms. The fraction of sp³-hybridized carbons (Fsp3) is 0.300. The molecule has 0 fully saturated rings. The molecule has 1 rings (SSSR count). The molecule has 1 aromatic rings. The number of aromatic nitrogens is 1. The van der Waals surface area contributed by atoms with E-state index in [0.29, 0.717) is 6.07 Å². The fourth-order valence-corrected chi connectivity index (χ4v) is 1.08. The van der Waals surface area contributed by atoms with Gasteiger partial charge in [-0.15, -0.1) is 0 Å². The molecule has 0 aromatic carbocycles. The molecule has 0 aliphatic heterocycles. The molecular weight excluding hydrogens is 251 g/mol. The van der Waals surface area contributed by atoms with Crippen LogP contribution in [0.4, 0.5) is 19.0 Å². The average Bonchev–Trinajstić information content (AvgIpc) is 2.27. The highest BCUT2D eigenvalue weighted by Gasteiger charge is 2.33. The summed E-state index contributed by atoms with van der Waals surface area (Å²) in [5.74, 6) is -1.67. The first kappa shape index (κ1) is 13.8. The first-order valence-corrected chi connectivity index (χ1v) is 4.73. The molecule has 0 unspecified atom stereocenters. The third kappa shape index (κ3) is 3.10. The van der Waals surface area contributed by atoms with Gasteiger partial charge in [0.05, 0.1) is 5.56 Å². The summed E-state index contributed by atoms with van der Waals surface area (Å²) < 4.78 is 37.2. The zero-order valence-electron chi connectivity index (χ0n) is 9.12. The second-order valence-electron chi connectivity index (χ2n) is 3.41. The molecule has 5 nitrogen and oxygen atoms in total. The Kier molecular flexibility index (Phi) is 3.76. The van der Waals surface area contributed by atoms with Crippen LogP contribution in [0.3, 0.4) is 0 Å². The number of nitrogens with one attached hydrogen (secondary N) is 1. The number of rotatable bonds is 3. The van der Waals surface area contributed by atoms with Crippen molar-refractivity contribution in [2.24, 2.45) is 0 Å². The molecule has 0 bridgehead atoms. The van der Waals surface area contributed by atoms with Crippen LogP contribution in [-0.2, 0) is 11.0 Å². The number of carboxylic acid groups (broad SMARTS) is 1. The quantitative estimate of drug-likeness (QED) is 0.865. The third-order valence-electron chi connectivity index (χ3n) is 2.03. The summed E-state index contributed by atoms with van der Waals surface area (Å²) in [6, 6.07) is 2.07. The fourth-order valence-electron chi connectivity index (χ4n) is 1.08. The van der Waals surface area contributed by atoms with Gasteiger partial charge in [0.1, 0.15) is 23.6 Å². The number of carboxylic acids is 1. The molecule has 8 heteroatoms. The van der Waals surface area contributed by atoms with Gasteiger partial charge in [0.15, 0.2) is 0 Å². The molecule has 0 aliphatic carbocycles. The number of hydrogen-bond acceptors (Lipinski definition) is 4. The van der Waals surface area contributed by atoms with E-state index in [-0.39, 0.29) is 5.56 Å². The zero-order chi connectivity index (χ0) is 13.9. The van der Waals surface area contributed by atoms with E-state index < -0.39 is 29.7 Å². The maximum Gasteiger partial charge on any atom is 0.433 e. The van der Waals surface area contributed by atoms with E-state index in [1.165, 1.54) is 6.92 Å². The second kappa shape index (κ2) is 4.91. The molecule has 2 N–H and O–H groups in total. The minimum Gasteiger partial charge on any atom is -0.480 e. The van der Waals surface area contributed by atoms with Crippen molar-refractivity contribution in [3.8, 4) is 6.07 Å². The smallest absolute Gasteiger partial charge is 0.433 e. The molecule has 0 saturated carbocycles. The van der Waals surface area contributed by atoms with Gasteiger partial charge in [-0.05, 0) is 19.1 Å². The van der Waals surface area contributed by atoms with Crippen molar-refractivity contribution in [2.75, 3.05) is 5.32 Å². The number of carbonyl (C=O) groups is 1. The summed E-state index contributed by atoms with van der Waals surface area (Å²) in [7, 11) is 0. The monoisotopic (exact) mass is 259 g/mol. The van der Waals surface area contributed by atoms with Gasteiger partial charge in [0, 0.05) is 0 Å². The lowest BCUT2D eigenvalue weighted by atomic mass is 10.2. The van der Waals surface area contributed by atoms with Crippen molar-refractivity contribution in [2.45, 2.75) is 19.1 Å². The molecule has 1 atom stereocenters. The number of hydrogen-bond donors (Lipinski definition) is 2. The minimum absolute atomic E-state index is 0.156. The van der Waals surface area contributed by atoms with E-state index in [9.17, 15) is 18.0 Å². The standard InChI is InChI=1S/C10H8F3N3O2/c1-5(9(17)18)15-8-6(4-14)2-3-7(16-8)10(11,12)13/h2-3,5H,1H3,(H,15,16)(H,17,18)/t5-/m1/s1. The van der Waals surface area contributed by atoms with E-state index in [4.69, 9.17) is 10.4 Å². The van der Waals surface area contributed by atoms with Crippen molar-refractivity contribution in [1.29, 1.82) is 5.26 Å². The summed E-state index contributed by atoms with van der Waals surface area (Å²) in [6.45, 7) is 1.23. The number of nitrogens with zero attached hydrogens (tertiary/aromatic N) is 2. The van der Waals surface area contributed by atoms with Crippen molar-refractivity contribution in [3.05, 3.63) is 23.4 Å². The van der Waals surface area contributed by atoms with Gasteiger partial charge < -0.3 is 10.4 Å². The van der Waals surface area contributed by atoms with E-state index in [1.54, 1.807) is 6.07 Å². The second-order valence-corrected chi connectivity index (χ2v) is 3.41. The van der Waals surface area contributed by atoms with Gasteiger partial charge in [-0.25, -0.2) is 4.98 Å². The Bertz CT molecular complexity index is 508. The summed E-state index contributed by atoms with van der Waals surface area (Å²) in [6.07, 6.45) is -4.66. The van der Waals surface area contributed by atoms with Gasteiger partial charge in [-0.3, -0.25) is 4.79 Å². The maximum absolute atomic E-state index is 12.4. The molecule has 0 amide bonds. The highest BCUT2D eigenvalue weighted by molar-refractivity contribution is 5.77. The molecule has 0 aliphatic rings. The van der Waals surface area contributed by atoms with Gasteiger partial charge in [-0.2, -0.15) is 18.4 Å². The lowest BCUT2D eigenvalue weighted by Gasteiger charge is -2.13. The van der Waals surface area contributed by atoms with Crippen LogP contribution in [0.2, 0.25) is 0 Å². The number of pyridine rings is 1. The topological polar surface area (TPSA) is 86.0 Å². The van der Waals surface area contributed by atoms with E-state index in [1.807, 2.05) is 0 Å². The number of halogens is 3. The summed E-state index contributed by atoms with van der Waals surface area (Å²) >= 11 is 0. The number of anilines is 1. The maximum atomic E-state index is 12.4. The number of alkyl halides is 3. The molecule has 0 saturated heterocycles. The summed E-state index contributed by atoms with van der Waals surface area (Å²) in [4.78, 5) is 13.8. The van der Waals surface area contributed by atoms with Gasteiger partial charge >= 0.3 is 12.1 Å². The first-order chi connectivity index (χ1) is 8.25. The Morgan fingerprint density at radius 1 is 1.56 bits per heavy atom. The van der Waals surface area contributed by atoms with E-state index >= 15 is 0 Å². The van der Waals surface area contributed by atoms with Crippen LogP contribution in [0.25, 0.3) is 0 Å². The number of aliphatic carboxylic acids is 1. The van der Waals surface area contributed by atoms with Crippen molar-refractivity contribution >= 4 is 11.8 Å². The lowest BCUT2D eigenvalue weighted by molar-refractivity contribution is -0.141. The SMILES string of the molecule is C[C@@H](Nc1nc(C(F)(F)F)ccc1C#N)C(=O)O. The molecule has 0 radical (unpaired) electrons. The van der Waals surface area contributed by atoms with Crippen LogP contribution in [0.1, 0.15) is 18.2 Å². The van der Waals surface area contributed by atoms with Crippen LogP contribution in [0, 0.1) is 11.3 Å². The van der Waals surface area contributed by atoms with E-state index in [0.717, 1.165) is 6.07 Å². The lowest BCUT2D eigenvalue weighted by Crippen LogP contribution is -2.27. The average molecular weight is 259 g/mol. The molecular formula is C10H8F3N3O2. The molecule has 1 aromatic heterocycles. The molecule has 96 valence electrons. The Labute approximate surface area is 99.9 Å². The Morgan fingerprint density at radius 2 is 2.17 bits per heavy atom. The number of nitriles is 1. The van der Waals surface area contributed by atoms with Crippen molar-refractivity contribution in [3.63, 3.8) is 0 Å². The highest BCUT2D eigenvalue weighted by atomic mass is 19.4. The van der Waals surface area contributed by atoms with Crippen LogP contribution < -0.4 is 5.32 Å². The van der Waals surface area contributed by atoms with Crippen LogP contribution >= 0.6 is 0 Å². The largest absolute Gasteiger partial charge is 0.480 e. The van der Waals surface area contributed by atoms with Crippen LogP contribution in [0.15, 0.2) is 12.1 Å². The van der Waals surface area contributed by atoms with Crippen molar-refractivity contribution < 1.29 is 23.1 Å². The normalized spacial score (nSPS) is 12.6. The van der Waals surface area contributed by atoms with Gasteiger partial charge in [-0.1, -0.05) is 0 Å². The predicted octanol–water partition coefficient (Wildman–Crippen LogP) is 1.86. The predicted molar refractivity (Wildman–Crippen MR) is 54.7 cm³/mol. The van der Waals surface area contributed by atoms with E-state index in [2.05, 4.69) is 10.3 Å². The molecule has 1 heterocycles. The third-order valence-corrected chi connectivity index (χ3v) is 2.03. The Balaban J connectivity index is 3.16. The Hall–Kier alpha value is -2.30. The highest BCUT2D eigenvalue weighted by Crippen LogP contribution is 2.29.